The van der Waals surface area contributed by atoms with Crippen LogP contribution in [0.15, 0.2) is 6.07 Å². The van der Waals surface area contributed by atoms with Crippen LogP contribution in [0.2, 0.25) is 5.02 Å². The van der Waals surface area contributed by atoms with E-state index in [2.05, 4.69) is 0 Å². The molecule has 1 aromatic rings. The highest BCUT2D eigenvalue weighted by molar-refractivity contribution is 6.33. The van der Waals surface area contributed by atoms with Crippen molar-refractivity contribution in [1.29, 1.82) is 0 Å². The molecule has 0 amide bonds. The van der Waals surface area contributed by atoms with Crippen LogP contribution < -0.4 is 19.9 Å². The smallest absolute Gasteiger partial charge is 0.166 e. The minimum Gasteiger partial charge on any atom is -0.495 e. The van der Waals surface area contributed by atoms with Gasteiger partial charge in [-0.05, 0) is 19.8 Å². The number of methoxy groups -OCH3 is 3. The maximum atomic E-state index is 6.47. The van der Waals surface area contributed by atoms with Gasteiger partial charge in [-0.3, -0.25) is 0 Å². The summed E-state index contributed by atoms with van der Waals surface area (Å²) < 4.78 is 16.2. The van der Waals surface area contributed by atoms with Gasteiger partial charge in [0.1, 0.15) is 5.75 Å². The second-order valence-electron chi connectivity index (χ2n) is 4.95. The number of rotatable bonds is 5. The van der Waals surface area contributed by atoms with Gasteiger partial charge in [0.25, 0.3) is 0 Å². The predicted molar refractivity (Wildman–Crippen MR) is 75.7 cm³/mol. The summed E-state index contributed by atoms with van der Waals surface area (Å²) in [6, 6.07) is 1.73. The molecule has 106 valence electrons. The quantitative estimate of drug-likeness (QED) is 0.904. The van der Waals surface area contributed by atoms with Gasteiger partial charge in [-0.1, -0.05) is 11.6 Å². The fourth-order valence-corrected chi connectivity index (χ4v) is 3.01. The molecule has 1 saturated carbocycles. The van der Waals surface area contributed by atoms with Crippen molar-refractivity contribution in [2.45, 2.75) is 31.2 Å². The first-order chi connectivity index (χ1) is 9.01. The number of halogens is 1. The van der Waals surface area contributed by atoms with E-state index in [0.29, 0.717) is 22.3 Å². The molecule has 1 atom stereocenters. The molecule has 1 aromatic carbocycles. The fraction of sp³-hybridized carbons (Fsp3) is 0.571. The van der Waals surface area contributed by atoms with Crippen LogP contribution in [0.25, 0.3) is 0 Å². The first kappa shape index (κ1) is 14.3. The van der Waals surface area contributed by atoms with Gasteiger partial charge in [0.15, 0.2) is 11.5 Å². The Hall–Kier alpha value is -1.13. The first-order valence-corrected chi connectivity index (χ1v) is 6.64. The molecule has 2 rings (SSSR count). The van der Waals surface area contributed by atoms with Gasteiger partial charge >= 0.3 is 0 Å². The molecule has 0 bridgehead atoms. The third-order valence-electron chi connectivity index (χ3n) is 3.95. The van der Waals surface area contributed by atoms with Crippen LogP contribution in [-0.2, 0) is 5.41 Å². The maximum Gasteiger partial charge on any atom is 0.166 e. The Morgan fingerprint density at radius 2 is 1.74 bits per heavy atom. The number of hydrogen-bond acceptors (Lipinski definition) is 4. The zero-order chi connectivity index (χ0) is 14.2. The van der Waals surface area contributed by atoms with Crippen molar-refractivity contribution in [1.82, 2.24) is 0 Å². The maximum absolute atomic E-state index is 6.47. The van der Waals surface area contributed by atoms with E-state index < -0.39 is 0 Å². The van der Waals surface area contributed by atoms with Crippen molar-refractivity contribution in [2.24, 2.45) is 5.73 Å². The first-order valence-electron chi connectivity index (χ1n) is 6.26. The van der Waals surface area contributed by atoms with Gasteiger partial charge in [-0.15, -0.1) is 0 Å². The molecule has 1 aliphatic rings. The van der Waals surface area contributed by atoms with E-state index in [1.54, 1.807) is 27.4 Å². The standard InChI is InChI=1S/C14H20ClNO3/c1-8(16)14(5-6-14)11-12(15)9(17-2)7-10(18-3)13(11)19-4/h7-8H,5-6,16H2,1-4H3. The summed E-state index contributed by atoms with van der Waals surface area (Å²) in [6.07, 6.45) is 1.99. The van der Waals surface area contributed by atoms with Gasteiger partial charge < -0.3 is 19.9 Å². The van der Waals surface area contributed by atoms with Crippen LogP contribution in [-0.4, -0.2) is 27.4 Å². The molecule has 0 radical (unpaired) electrons. The largest absolute Gasteiger partial charge is 0.495 e. The second kappa shape index (κ2) is 5.10. The van der Waals surface area contributed by atoms with E-state index >= 15 is 0 Å². The molecule has 1 aliphatic carbocycles. The third-order valence-corrected chi connectivity index (χ3v) is 4.33. The summed E-state index contributed by atoms with van der Waals surface area (Å²) >= 11 is 6.47. The summed E-state index contributed by atoms with van der Waals surface area (Å²) in [7, 11) is 4.80. The molecule has 19 heavy (non-hydrogen) atoms. The van der Waals surface area contributed by atoms with Crippen molar-refractivity contribution < 1.29 is 14.2 Å². The van der Waals surface area contributed by atoms with Crippen molar-refractivity contribution in [2.75, 3.05) is 21.3 Å². The van der Waals surface area contributed by atoms with Gasteiger partial charge in [0.05, 0.1) is 26.4 Å². The van der Waals surface area contributed by atoms with E-state index in [1.165, 1.54) is 0 Å². The van der Waals surface area contributed by atoms with Crippen LogP contribution >= 0.6 is 11.6 Å². The zero-order valence-corrected chi connectivity index (χ0v) is 12.5. The van der Waals surface area contributed by atoms with Crippen LogP contribution in [0, 0.1) is 0 Å². The number of ether oxygens (including phenoxy) is 3. The summed E-state index contributed by atoms with van der Waals surface area (Å²) in [6.45, 7) is 1.99. The number of hydrogen-bond donors (Lipinski definition) is 1. The highest BCUT2D eigenvalue weighted by atomic mass is 35.5. The normalized spacial score (nSPS) is 17.8. The summed E-state index contributed by atoms with van der Waals surface area (Å²) in [4.78, 5) is 0. The molecular weight excluding hydrogens is 266 g/mol. The SMILES string of the molecule is COc1cc(OC)c(OC)c(C2(C(C)N)CC2)c1Cl. The Morgan fingerprint density at radius 1 is 1.16 bits per heavy atom. The molecule has 0 aliphatic heterocycles. The number of nitrogens with two attached hydrogens (primary N) is 1. The van der Waals surface area contributed by atoms with Crippen molar-refractivity contribution in [3.63, 3.8) is 0 Å². The number of benzene rings is 1. The van der Waals surface area contributed by atoms with Gasteiger partial charge in [-0.25, -0.2) is 0 Å². The molecule has 0 heterocycles. The highest BCUT2D eigenvalue weighted by Crippen LogP contribution is 2.59. The van der Waals surface area contributed by atoms with Crippen LogP contribution in [0.3, 0.4) is 0 Å². The minimum atomic E-state index is -0.135. The van der Waals surface area contributed by atoms with E-state index in [-0.39, 0.29) is 11.5 Å². The van der Waals surface area contributed by atoms with E-state index in [0.717, 1.165) is 18.4 Å². The van der Waals surface area contributed by atoms with Crippen LogP contribution in [0.4, 0.5) is 0 Å². The molecule has 5 heteroatoms. The lowest BCUT2D eigenvalue weighted by atomic mass is 9.88. The van der Waals surface area contributed by atoms with E-state index in [4.69, 9.17) is 31.5 Å². The van der Waals surface area contributed by atoms with Crippen LogP contribution in [0.1, 0.15) is 25.3 Å². The highest BCUT2D eigenvalue weighted by Gasteiger charge is 2.51. The van der Waals surface area contributed by atoms with E-state index in [1.807, 2.05) is 6.92 Å². The Balaban J connectivity index is 2.69. The fourth-order valence-electron chi connectivity index (χ4n) is 2.61. The Kier molecular flexibility index (Phi) is 3.83. The molecular formula is C14H20ClNO3. The molecule has 2 N–H and O–H groups in total. The molecule has 0 spiro atoms. The Bertz CT molecular complexity index is 484. The topological polar surface area (TPSA) is 53.7 Å². The van der Waals surface area contributed by atoms with Gasteiger partial charge in [-0.2, -0.15) is 0 Å². The Morgan fingerprint density at radius 3 is 2.11 bits per heavy atom. The average Bonchev–Trinajstić information content (AvgIpc) is 3.19. The van der Waals surface area contributed by atoms with Crippen LogP contribution in [0.5, 0.6) is 17.2 Å². The lowest BCUT2D eigenvalue weighted by molar-refractivity contribution is 0.340. The van der Waals surface area contributed by atoms with Gasteiger partial charge in [0, 0.05) is 23.1 Å². The summed E-state index contributed by atoms with van der Waals surface area (Å²) in [5.41, 5.74) is 6.92. The zero-order valence-electron chi connectivity index (χ0n) is 11.7. The second-order valence-corrected chi connectivity index (χ2v) is 5.33. The monoisotopic (exact) mass is 285 g/mol. The average molecular weight is 286 g/mol. The molecule has 4 nitrogen and oxygen atoms in total. The minimum absolute atomic E-state index is 0.00397. The lowest BCUT2D eigenvalue weighted by Gasteiger charge is -2.26. The van der Waals surface area contributed by atoms with Gasteiger partial charge in [0.2, 0.25) is 0 Å². The molecule has 1 unspecified atom stereocenters. The van der Waals surface area contributed by atoms with E-state index in [9.17, 15) is 0 Å². The molecule has 0 saturated heterocycles. The molecule has 1 fully saturated rings. The molecule has 0 aromatic heterocycles. The summed E-state index contributed by atoms with van der Waals surface area (Å²) in [5, 5.41) is 0.565. The predicted octanol–water partition coefficient (Wildman–Crippen LogP) is 2.74. The van der Waals surface area contributed by atoms with Crippen molar-refractivity contribution >= 4 is 11.6 Å². The van der Waals surface area contributed by atoms with Crippen molar-refractivity contribution in [3.05, 3.63) is 16.7 Å². The summed E-state index contributed by atoms with van der Waals surface area (Å²) in [5.74, 6) is 1.86. The Labute approximate surface area is 118 Å². The van der Waals surface area contributed by atoms with Crippen molar-refractivity contribution in [3.8, 4) is 17.2 Å². The lowest BCUT2D eigenvalue weighted by Crippen LogP contribution is -2.32. The third kappa shape index (κ3) is 2.13.